The second kappa shape index (κ2) is 5.35. The van der Waals surface area contributed by atoms with E-state index < -0.39 is 0 Å². The summed E-state index contributed by atoms with van der Waals surface area (Å²) in [6.45, 7) is 2.56. The van der Waals surface area contributed by atoms with E-state index in [9.17, 15) is 9.18 Å². The normalized spacial score (nSPS) is 17.9. The minimum Gasteiger partial charge on any atom is -0.399 e. The number of nitrogens with two attached hydrogens (primary N) is 1. The average Bonchev–Trinajstić information content (AvgIpc) is 2.40. The molecule has 1 aromatic rings. The van der Waals surface area contributed by atoms with Gasteiger partial charge in [0.1, 0.15) is 5.82 Å². The number of likely N-dealkylation sites (N-methyl/N-ethyl adjacent to an activating group) is 1. The Bertz CT molecular complexity index is 430. The maximum absolute atomic E-state index is 13.2. The Morgan fingerprint density at radius 3 is 2.83 bits per heavy atom. The number of halogens is 1. The Labute approximate surface area is 106 Å². The van der Waals surface area contributed by atoms with Crippen LogP contribution < -0.4 is 5.73 Å². The fraction of sp³-hybridized carbons (Fsp3) is 0.462. The lowest BCUT2D eigenvalue weighted by Gasteiger charge is -2.19. The Balaban J connectivity index is 2.06. The molecule has 2 N–H and O–H groups in total. The SMILES string of the molecule is CN1CCCN(Cc2cc(N)cc(F)c2)CC1=O. The number of rotatable bonds is 2. The van der Waals surface area contributed by atoms with Crippen molar-refractivity contribution in [2.45, 2.75) is 13.0 Å². The molecule has 0 saturated carbocycles. The Morgan fingerprint density at radius 2 is 2.11 bits per heavy atom. The summed E-state index contributed by atoms with van der Waals surface area (Å²) in [7, 11) is 1.81. The predicted molar refractivity (Wildman–Crippen MR) is 68.3 cm³/mol. The molecule has 1 amide bonds. The second-order valence-electron chi connectivity index (χ2n) is 4.77. The molecule has 1 heterocycles. The van der Waals surface area contributed by atoms with E-state index in [4.69, 9.17) is 5.73 Å². The van der Waals surface area contributed by atoms with Gasteiger partial charge >= 0.3 is 0 Å². The van der Waals surface area contributed by atoms with Crippen LogP contribution in [0.25, 0.3) is 0 Å². The summed E-state index contributed by atoms with van der Waals surface area (Å²) in [6.07, 6.45) is 0.938. The van der Waals surface area contributed by atoms with Crippen LogP contribution in [0.1, 0.15) is 12.0 Å². The van der Waals surface area contributed by atoms with Crippen LogP contribution in [0.4, 0.5) is 10.1 Å². The molecule has 2 rings (SSSR count). The Hall–Kier alpha value is -1.62. The molecule has 0 unspecified atom stereocenters. The van der Waals surface area contributed by atoms with Gasteiger partial charge in [-0.2, -0.15) is 0 Å². The van der Waals surface area contributed by atoms with Crippen molar-refractivity contribution in [3.05, 3.63) is 29.6 Å². The highest BCUT2D eigenvalue weighted by atomic mass is 19.1. The molecule has 1 aliphatic heterocycles. The van der Waals surface area contributed by atoms with Crippen LogP contribution >= 0.6 is 0 Å². The molecule has 98 valence electrons. The van der Waals surface area contributed by atoms with Crippen LogP contribution in [0.5, 0.6) is 0 Å². The van der Waals surface area contributed by atoms with E-state index in [1.807, 2.05) is 11.9 Å². The summed E-state index contributed by atoms with van der Waals surface area (Å²) in [5, 5.41) is 0. The molecule has 1 fully saturated rings. The van der Waals surface area contributed by atoms with Gasteiger partial charge in [0.2, 0.25) is 5.91 Å². The molecule has 18 heavy (non-hydrogen) atoms. The second-order valence-corrected chi connectivity index (χ2v) is 4.77. The molecule has 0 aliphatic carbocycles. The smallest absolute Gasteiger partial charge is 0.236 e. The maximum Gasteiger partial charge on any atom is 0.236 e. The van der Waals surface area contributed by atoms with Crippen molar-refractivity contribution < 1.29 is 9.18 Å². The highest BCUT2D eigenvalue weighted by molar-refractivity contribution is 5.78. The standard InChI is InChI=1S/C13H18FN3O/c1-16-3-2-4-17(9-13(16)18)8-10-5-11(14)7-12(15)6-10/h5-7H,2-4,8-9,15H2,1H3. The zero-order valence-corrected chi connectivity index (χ0v) is 10.5. The Kier molecular flexibility index (Phi) is 3.81. The van der Waals surface area contributed by atoms with Gasteiger partial charge in [0, 0.05) is 32.4 Å². The Morgan fingerprint density at radius 1 is 1.33 bits per heavy atom. The van der Waals surface area contributed by atoms with E-state index in [1.54, 1.807) is 11.0 Å². The summed E-state index contributed by atoms with van der Waals surface area (Å²) in [6, 6.07) is 4.52. The zero-order chi connectivity index (χ0) is 13.1. The third-order valence-electron chi connectivity index (χ3n) is 3.14. The van der Waals surface area contributed by atoms with Crippen molar-refractivity contribution in [2.24, 2.45) is 0 Å². The van der Waals surface area contributed by atoms with E-state index in [1.165, 1.54) is 12.1 Å². The van der Waals surface area contributed by atoms with Gasteiger partial charge in [-0.1, -0.05) is 0 Å². The topological polar surface area (TPSA) is 49.6 Å². The molecule has 0 bridgehead atoms. The summed E-state index contributed by atoms with van der Waals surface area (Å²) in [4.78, 5) is 15.5. The quantitative estimate of drug-likeness (QED) is 0.800. The van der Waals surface area contributed by atoms with Crippen molar-refractivity contribution in [3.63, 3.8) is 0 Å². The number of hydrogen-bond donors (Lipinski definition) is 1. The lowest BCUT2D eigenvalue weighted by molar-refractivity contribution is -0.129. The van der Waals surface area contributed by atoms with E-state index in [0.717, 1.165) is 25.1 Å². The van der Waals surface area contributed by atoms with E-state index in [0.29, 0.717) is 18.8 Å². The monoisotopic (exact) mass is 251 g/mol. The van der Waals surface area contributed by atoms with Crippen LogP contribution in [-0.2, 0) is 11.3 Å². The zero-order valence-electron chi connectivity index (χ0n) is 10.5. The largest absolute Gasteiger partial charge is 0.399 e. The van der Waals surface area contributed by atoms with Gasteiger partial charge in [0.25, 0.3) is 0 Å². The van der Waals surface area contributed by atoms with Crippen molar-refractivity contribution in [1.29, 1.82) is 0 Å². The molecule has 0 atom stereocenters. The fourth-order valence-electron chi connectivity index (χ4n) is 2.21. The van der Waals surface area contributed by atoms with Crippen LogP contribution in [0, 0.1) is 5.82 Å². The van der Waals surface area contributed by atoms with Gasteiger partial charge in [-0.25, -0.2) is 4.39 Å². The minimum atomic E-state index is -0.330. The van der Waals surface area contributed by atoms with E-state index >= 15 is 0 Å². The van der Waals surface area contributed by atoms with Gasteiger partial charge in [-0.05, 0) is 30.2 Å². The molecule has 1 aliphatic rings. The molecular weight excluding hydrogens is 233 g/mol. The van der Waals surface area contributed by atoms with Gasteiger partial charge in [0.05, 0.1) is 6.54 Å². The number of anilines is 1. The van der Waals surface area contributed by atoms with Gasteiger partial charge in [0.15, 0.2) is 0 Å². The summed E-state index contributed by atoms with van der Waals surface area (Å²) in [5.74, 6) is -0.222. The first-order valence-electron chi connectivity index (χ1n) is 6.06. The number of carbonyl (C=O) groups is 1. The number of nitrogen functional groups attached to an aromatic ring is 1. The minimum absolute atomic E-state index is 0.108. The molecule has 0 spiro atoms. The van der Waals surface area contributed by atoms with Crippen LogP contribution in [0.2, 0.25) is 0 Å². The third-order valence-corrected chi connectivity index (χ3v) is 3.14. The van der Waals surface area contributed by atoms with Gasteiger partial charge in [-0.3, -0.25) is 9.69 Å². The van der Waals surface area contributed by atoms with Crippen molar-refractivity contribution >= 4 is 11.6 Å². The summed E-state index contributed by atoms with van der Waals surface area (Å²) in [5.41, 5.74) is 6.84. The van der Waals surface area contributed by atoms with Gasteiger partial charge in [-0.15, -0.1) is 0 Å². The first kappa shape index (κ1) is 12.8. The van der Waals surface area contributed by atoms with Crippen molar-refractivity contribution in [3.8, 4) is 0 Å². The summed E-state index contributed by atoms with van der Waals surface area (Å²) < 4.78 is 13.2. The first-order valence-corrected chi connectivity index (χ1v) is 6.06. The van der Waals surface area contributed by atoms with Gasteiger partial charge < -0.3 is 10.6 Å². The fourth-order valence-corrected chi connectivity index (χ4v) is 2.21. The molecule has 0 radical (unpaired) electrons. The first-order chi connectivity index (χ1) is 8.54. The average molecular weight is 251 g/mol. The number of amides is 1. The molecule has 1 aromatic carbocycles. The highest BCUT2D eigenvalue weighted by Crippen LogP contribution is 2.14. The third kappa shape index (κ3) is 3.20. The number of carbonyl (C=O) groups excluding carboxylic acids is 1. The van der Waals surface area contributed by atoms with Crippen LogP contribution in [0.15, 0.2) is 18.2 Å². The predicted octanol–water partition coefficient (Wildman–Crippen LogP) is 1.07. The summed E-state index contributed by atoms with van der Waals surface area (Å²) >= 11 is 0. The number of benzene rings is 1. The number of hydrogen-bond acceptors (Lipinski definition) is 3. The van der Waals surface area contributed by atoms with Crippen LogP contribution in [-0.4, -0.2) is 42.4 Å². The molecule has 0 aromatic heterocycles. The van der Waals surface area contributed by atoms with Crippen molar-refractivity contribution in [2.75, 3.05) is 32.4 Å². The van der Waals surface area contributed by atoms with E-state index in [2.05, 4.69) is 0 Å². The van der Waals surface area contributed by atoms with Crippen LogP contribution in [0.3, 0.4) is 0 Å². The van der Waals surface area contributed by atoms with Crippen molar-refractivity contribution in [1.82, 2.24) is 9.80 Å². The molecular formula is C13H18FN3O. The molecule has 4 nitrogen and oxygen atoms in total. The van der Waals surface area contributed by atoms with E-state index in [-0.39, 0.29) is 11.7 Å². The lowest BCUT2D eigenvalue weighted by Crippen LogP contribution is -2.34. The highest BCUT2D eigenvalue weighted by Gasteiger charge is 2.18. The molecule has 1 saturated heterocycles. The lowest BCUT2D eigenvalue weighted by atomic mass is 10.2. The number of nitrogens with zero attached hydrogens (tertiary/aromatic N) is 2. The molecule has 5 heteroatoms. The maximum atomic E-state index is 13.2.